The van der Waals surface area contributed by atoms with Gasteiger partial charge in [0.25, 0.3) is 0 Å². The Morgan fingerprint density at radius 2 is 2.07 bits per heavy atom. The molecular formula is C8H8N4S2. The number of pyridine rings is 1. The first kappa shape index (κ1) is 9.42. The number of anilines is 1. The van der Waals surface area contributed by atoms with Gasteiger partial charge in [0, 0.05) is 18.1 Å². The Morgan fingerprint density at radius 1 is 1.29 bits per heavy atom. The van der Waals surface area contributed by atoms with E-state index in [1.165, 1.54) is 16.9 Å². The van der Waals surface area contributed by atoms with Crippen molar-refractivity contribution < 1.29 is 0 Å². The molecule has 4 nitrogen and oxygen atoms in total. The van der Waals surface area contributed by atoms with Gasteiger partial charge in [-0.15, -0.1) is 10.2 Å². The van der Waals surface area contributed by atoms with Crippen LogP contribution < -0.4 is 5.73 Å². The highest BCUT2D eigenvalue weighted by atomic mass is 32.2. The molecule has 0 unspecified atom stereocenters. The third kappa shape index (κ3) is 2.43. The lowest BCUT2D eigenvalue weighted by molar-refractivity contribution is 1.02. The van der Waals surface area contributed by atoms with Crippen LogP contribution in [0.2, 0.25) is 0 Å². The van der Waals surface area contributed by atoms with Crippen LogP contribution in [0.25, 0.3) is 0 Å². The molecule has 6 heteroatoms. The summed E-state index contributed by atoms with van der Waals surface area (Å²) < 4.78 is 0.902. The summed E-state index contributed by atoms with van der Waals surface area (Å²) >= 11 is 3.04. The number of hydrogen-bond donors (Lipinski definition) is 1. The van der Waals surface area contributed by atoms with E-state index in [0.717, 1.165) is 10.1 Å². The molecule has 0 aliphatic carbocycles. The summed E-state index contributed by atoms with van der Waals surface area (Å²) in [5.41, 5.74) is 6.69. The largest absolute Gasteiger partial charge is 0.374 e. The molecule has 14 heavy (non-hydrogen) atoms. The fourth-order valence-corrected chi connectivity index (χ4v) is 2.49. The van der Waals surface area contributed by atoms with Crippen LogP contribution in [-0.4, -0.2) is 15.2 Å². The zero-order valence-electron chi connectivity index (χ0n) is 7.25. The van der Waals surface area contributed by atoms with Crippen LogP contribution in [0.5, 0.6) is 0 Å². The van der Waals surface area contributed by atoms with Crippen molar-refractivity contribution in [3.8, 4) is 0 Å². The first-order valence-corrected chi connectivity index (χ1v) is 5.75. The molecule has 2 heterocycles. The Morgan fingerprint density at radius 3 is 2.71 bits per heavy atom. The zero-order chi connectivity index (χ0) is 9.80. The second-order valence-corrected chi connectivity index (χ2v) is 4.78. The van der Waals surface area contributed by atoms with Gasteiger partial charge in [0.1, 0.15) is 0 Å². The van der Waals surface area contributed by atoms with Crippen LogP contribution in [0.4, 0.5) is 5.13 Å². The second-order valence-electron chi connectivity index (χ2n) is 2.55. The maximum Gasteiger partial charge on any atom is 0.203 e. The van der Waals surface area contributed by atoms with E-state index in [2.05, 4.69) is 15.2 Å². The van der Waals surface area contributed by atoms with E-state index in [1.807, 2.05) is 12.1 Å². The van der Waals surface area contributed by atoms with Gasteiger partial charge in [-0.05, 0) is 17.7 Å². The van der Waals surface area contributed by atoms with Crippen LogP contribution >= 0.6 is 23.1 Å². The van der Waals surface area contributed by atoms with Gasteiger partial charge in [-0.2, -0.15) is 0 Å². The van der Waals surface area contributed by atoms with E-state index in [9.17, 15) is 0 Å². The maximum absolute atomic E-state index is 5.47. The minimum Gasteiger partial charge on any atom is -0.374 e. The molecule has 0 saturated carbocycles. The summed E-state index contributed by atoms with van der Waals surface area (Å²) in [6.07, 6.45) is 3.56. The highest BCUT2D eigenvalue weighted by Gasteiger charge is 2.01. The van der Waals surface area contributed by atoms with E-state index < -0.39 is 0 Å². The Bertz CT molecular complexity index is 401. The van der Waals surface area contributed by atoms with Crippen molar-refractivity contribution in [2.75, 3.05) is 5.73 Å². The molecule has 0 spiro atoms. The van der Waals surface area contributed by atoms with Gasteiger partial charge in [0.05, 0.1) is 0 Å². The van der Waals surface area contributed by atoms with Crippen LogP contribution in [0.3, 0.4) is 0 Å². The van der Waals surface area contributed by atoms with E-state index in [-0.39, 0.29) is 0 Å². The molecule has 72 valence electrons. The molecular weight excluding hydrogens is 216 g/mol. The lowest BCUT2D eigenvalue weighted by Crippen LogP contribution is -1.81. The highest BCUT2D eigenvalue weighted by molar-refractivity contribution is 8.00. The molecule has 0 aromatic carbocycles. The van der Waals surface area contributed by atoms with Crippen LogP contribution in [0.15, 0.2) is 28.9 Å². The minimum atomic E-state index is 0.516. The number of nitrogens with zero attached hydrogens (tertiary/aromatic N) is 3. The second kappa shape index (κ2) is 4.39. The van der Waals surface area contributed by atoms with Crippen molar-refractivity contribution in [3.05, 3.63) is 30.1 Å². The highest BCUT2D eigenvalue weighted by Crippen LogP contribution is 2.26. The van der Waals surface area contributed by atoms with Gasteiger partial charge >= 0.3 is 0 Å². The van der Waals surface area contributed by atoms with E-state index in [4.69, 9.17) is 5.73 Å². The minimum absolute atomic E-state index is 0.516. The molecule has 2 N–H and O–H groups in total. The normalized spacial score (nSPS) is 10.3. The third-order valence-corrected chi connectivity index (χ3v) is 3.49. The van der Waals surface area contributed by atoms with Gasteiger partial charge < -0.3 is 5.73 Å². The number of thioether (sulfide) groups is 1. The summed E-state index contributed by atoms with van der Waals surface area (Å²) in [6, 6.07) is 3.97. The van der Waals surface area contributed by atoms with Crippen LogP contribution in [0, 0.1) is 0 Å². The van der Waals surface area contributed by atoms with Gasteiger partial charge in [-0.1, -0.05) is 23.1 Å². The SMILES string of the molecule is Nc1nnc(SCc2ccncc2)s1. The molecule has 0 atom stereocenters. The predicted molar refractivity (Wildman–Crippen MR) is 58.1 cm³/mol. The third-order valence-electron chi connectivity index (χ3n) is 1.53. The maximum atomic E-state index is 5.47. The molecule has 0 fully saturated rings. The topological polar surface area (TPSA) is 64.7 Å². The van der Waals surface area contributed by atoms with Crippen molar-refractivity contribution in [1.82, 2.24) is 15.2 Å². The molecule has 2 aromatic heterocycles. The lowest BCUT2D eigenvalue weighted by atomic mass is 10.3. The molecule has 0 saturated heterocycles. The fourth-order valence-electron chi connectivity index (χ4n) is 0.903. The summed E-state index contributed by atoms with van der Waals surface area (Å²) in [5.74, 6) is 0.872. The summed E-state index contributed by atoms with van der Waals surface area (Å²) in [5, 5.41) is 8.18. The van der Waals surface area contributed by atoms with Crippen molar-refractivity contribution in [2.45, 2.75) is 10.1 Å². The zero-order valence-corrected chi connectivity index (χ0v) is 8.88. The number of aromatic nitrogens is 3. The predicted octanol–water partition coefficient (Wildman–Crippen LogP) is 1.81. The van der Waals surface area contributed by atoms with E-state index in [0.29, 0.717) is 5.13 Å². The smallest absolute Gasteiger partial charge is 0.203 e. The number of rotatable bonds is 3. The van der Waals surface area contributed by atoms with Crippen LogP contribution in [0.1, 0.15) is 5.56 Å². The molecule has 2 aromatic rings. The summed E-state index contributed by atoms with van der Waals surface area (Å²) in [6.45, 7) is 0. The van der Waals surface area contributed by atoms with Gasteiger partial charge in [-0.25, -0.2) is 0 Å². The number of hydrogen-bond acceptors (Lipinski definition) is 6. The monoisotopic (exact) mass is 224 g/mol. The van der Waals surface area contributed by atoms with E-state index in [1.54, 1.807) is 24.2 Å². The summed E-state index contributed by atoms with van der Waals surface area (Å²) in [7, 11) is 0. The van der Waals surface area contributed by atoms with Gasteiger partial charge in [0.15, 0.2) is 4.34 Å². The van der Waals surface area contributed by atoms with Gasteiger partial charge in [0.2, 0.25) is 5.13 Å². The first-order chi connectivity index (χ1) is 6.84. The lowest BCUT2D eigenvalue weighted by Gasteiger charge is -1.95. The summed E-state index contributed by atoms with van der Waals surface area (Å²) in [4.78, 5) is 3.95. The van der Waals surface area contributed by atoms with Crippen molar-refractivity contribution >= 4 is 28.2 Å². The fraction of sp³-hybridized carbons (Fsp3) is 0.125. The number of nitrogen functional groups attached to an aromatic ring is 1. The molecule has 0 radical (unpaired) electrons. The van der Waals surface area contributed by atoms with Gasteiger partial charge in [-0.3, -0.25) is 4.98 Å². The quantitative estimate of drug-likeness (QED) is 0.805. The molecule has 0 amide bonds. The Kier molecular flexibility index (Phi) is 2.95. The Balaban J connectivity index is 1.95. The van der Waals surface area contributed by atoms with E-state index >= 15 is 0 Å². The Labute approximate surface area is 89.6 Å². The number of nitrogens with two attached hydrogens (primary N) is 1. The standard InChI is InChI=1S/C8H8N4S2/c9-7-11-12-8(14-7)13-5-6-1-3-10-4-2-6/h1-4H,5H2,(H2,9,11). The molecule has 0 aliphatic rings. The molecule has 0 aliphatic heterocycles. The average molecular weight is 224 g/mol. The average Bonchev–Trinajstić information content (AvgIpc) is 2.63. The van der Waals surface area contributed by atoms with Crippen LogP contribution in [-0.2, 0) is 5.75 Å². The molecule has 2 rings (SSSR count). The van der Waals surface area contributed by atoms with Crippen molar-refractivity contribution in [2.24, 2.45) is 0 Å². The van der Waals surface area contributed by atoms with Crippen molar-refractivity contribution in [1.29, 1.82) is 0 Å². The first-order valence-electron chi connectivity index (χ1n) is 3.95. The van der Waals surface area contributed by atoms with Crippen molar-refractivity contribution in [3.63, 3.8) is 0 Å². The molecule has 0 bridgehead atoms. The Hall–Kier alpha value is -1.14.